The first-order valence-corrected chi connectivity index (χ1v) is 10.2. The molecule has 1 amide bonds. The van der Waals surface area contributed by atoms with Gasteiger partial charge in [0.2, 0.25) is 5.91 Å². The Morgan fingerprint density at radius 3 is 2.53 bits per heavy atom. The first-order chi connectivity index (χ1) is 14.6. The van der Waals surface area contributed by atoms with Crippen LogP contribution >= 0.6 is 0 Å². The molecule has 3 rings (SSSR count). The quantitative estimate of drug-likeness (QED) is 0.291. The van der Waals surface area contributed by atoms with Gasteiger partial charge in [-0.05, 0) is 42.3 Å². The van der Waals surface area contributed by atoms with Gasteiger partial charge in [0.25, 0.3) is 0 Å². The van der Waals surface area contributed by atoms with Crippen molar-refractivity contribution in [1.29, 1.82) is 0 Å². The molecule has 0 aliphatic rings. The van der Waals surface area contributed by atoms with Crippen LogP contribution in [0.1, 0.15) is 48.5 Å². The number of Topliss-reactive ketones (excluding diaryl/α,β-unsaturated/α-hetero) is 1. The van der Waals surface area contributed by atoms with Crippen molar-refractivity contribution in [2.45, 2.75) is 39.0 Å². The Morgan fingerprint density at radius 1 is 1.00 bits per heavy atom. The third-order valence-corrected chi connectivity index (χ3v) is 4.87. The van der Waals surface area contributed by atoms with Crippen LogP contribution in [0.5, 0.6) is 0 Å². The fourth-order valence-electron chi connectivity index (χ4n) is 3.21. The third kappa shape index (κ3) is 5.80. The summed E-state index contributed by atoms with van der Waals surface area (Å²) in [5, 5.41) is 3.78. The summed E-state index contributed by atoms with van der Waals surface area (Å²) in [5.41, 5.74) is 2.86. The summed E-state index contributed by atoms with van der Waals surface area (Å²) in [6.45, 7) is 1.77. The molecule has 3 aromatic rings. The molecule has 0 aliphatic carbocycles. The number of H-pyrrole nitrogens is 1. The van der Waals surface area contributed by atoms with Crippen molar-refractivity contribution in [1.82, 2.24) is 4.98 Å². The average molecular weight is 406 g/mol. The number of ketones is 1. The largest absolute Gasteiger partial charge is 0.457 e. The Bertz CT molecular complexity index is 1020. The second-order valence-electron chi connectivity index (χ2n) is 7.20. The first kappa shape index (κ1) is 21.3. The predicted octanol–water partition coefficient (Wildman–Crippen LogP) is 4.66. The lowest BCUT2D eigenvalue weighted by Crippen LogP contribution is -2.16. The molecule has 2 aromatic carbocycles. The van der Waals surface area contributed by atoms with Crippen LogP contribution in [0.15, 0.2) is 54.7 Å². The number of nitrogens with one attached hydrogen (secondary N) is 2. The van der Waals surface area contributed by atoms with Crippen molar-refractivity contribution in [3.63, 3.8) is 0 Å². The Hall–Kier alpha value is -3.41. The number of aromatic amines is 1. The number of para-hydroxylation sites is 1. The number of aromatic nitrogens is 1. The highest BCUT2D eigenvalue weighted by Gasteiger charge is 2.13. The molecule has 2 N–H and O–H groups in total. The van der Waals surface area contributed by atoms with Crippen molar-refractivity contribution in [2.75, 3.05) is 11.9 Å². The van der Waals surface area contributed by atoms with Crippen LogP contribution in [0.4, 0.5) is 5.69 Å². The highest BCUT2D eigenvalue weighted by Crippen LogP contribution is 2.18. The summed E-state index contributed by atoms with van der Waals surface area (Å²) < 4.78 is 5.16. The van der Waals surface area contributed by atoms with Crippen LogP contribution in [0, 0.1) is 0 Å². The van der Waals surface area contributed by atoms with Crippen LogP contribution in [0.2, 0.25) is 0 Å². The number of carbonyl (C=O) groups excluding carboxylic acids is 3. The summed E-state index contributed by atoms with van der Waals surface area (Å²) in [7, 11) is 0. The topological polar surface area (TPSA) is 88.3 Å². The van der Waals surface area contributed by atoms with Gasteiger partial charge in [0.1, 0.15) is 0 Å². The van der Waals surface area contributed by atoms with Gasteiger partial charge in [-0.1, -0.05) is 38.0 Å². The van der Waals surface area contributed by atoms with Gasteiger partial charge in [0.15, 0.2) is 12.4 Å². The maximum absolute atomic E-state index is 12.3. The highest BCUT2D eigenvalue weighted by atomic mass is 16.5. The summed E-state index contributed by atoms with van der Waals surface area (Å²) in [6.07, 6.45) is 5.32. The number of hydrogen-bond acceptors (Lipinski definition) is 4. The Balaban J connectivity index is 1.47. The Kier molecular flexibility index (Phi) is 7.38. The van der Waals surface area contributed by atoms with Crippen molar-refractivity contribution >= 4 is 34.3 Å². The summed E-state index contributed by atoms with van der Waals surface area (Å²) >= 11 is 0. The molecule has 6 heteroatoms. The smallest absolute Gasteiger partial charge is 0.310 e. The van der Waals surface area contributed by atoms with E-state index in [2.05, 4.69) is 17.2 Å². The third-order valence-electron chi connectivity index (χ3n) is 4.87. The molecular formula is C24H26N2O4. The number of esters is 1. The van der Waals surface area contributed by atoms with E-state index in [9.17, 15) is 14.4 Å². The molecule has 1 aromatic heterocycles. The summed E-state index contributed by atoms with van der Waals surface area (Å²) in [4.78, 5) is 39.4. The van der Waals surface area contributed by atoms with Gasteiger partial charge in [-0.25, -0.2) is 0 Å². The maximum Gasteiger partial charge on any atom is 0.310 e. The van der Waals surface area contributed by atoms with E-state index < -0.39 is 5.97 Å². The minimum absolute atomic E-state index is 0.0336. The van der Waals surface area contributed by atoms with E-state index in [4.69, 9.17) is 4.74 Å². The van der Waals surface area contributed by atoms with E-state index >= 15 is 0 Å². The molecule has 156 valence electrons. The summed E-state index contributed by atoms with van der Waals surface area (Å²) in [5.74, 6) is -0.777. The molecule has 1 heterocycles. The van der Waals surface area contributed by atoms with Crippen LogP contribution in [0.25, 0.3) is 10.9 Å². The molecule has 0 atom stereocenters. The fraction of sp³-hybridized carbons (Fsp3) is 0.292. The van der Waals surface area contributed by atoms with E-state index in [1.807, 2.05) is 24.3 Å². The van der Waals surface area contributed by atoms with E-state index in [-0.39, 0.29) is 24.7 Å². The van der Waals surface area contributed by atoms with Gasteiger partial charge in [-0.3, -0.25) is 14.4 Å². The van der Waals surface area contributed by atoms with Gasteiger partial charge in [-0.15, -0.1) is 0 Å². The zero-order valence-electron chi connectivity index (χ0n) is 17.1. The number of carbonyl (C=O) groups is 3. The second kappa shape index (κ2) is 10.4. The lowest BCUT2D eigenvalue weighted by atomic mass is 10.1. The number of fused-ring (bicyclic) bond motifs is 1. The monoisotopic (exact) mass is 406 g/mol. The van der Waals surface area contributed by atoms with Gasteiger partial charge in [0.05, 0.1) is 6.42 Å². The van der Waals surface area contributed by atoms with Crippen molar-refractivity contribution < 1.29 is 19.1 Å². The van der Waals surface area contributed by atoms with E-state index in [1.54, 1.807) is 30.5 Å². The maximum atomic E-state index is 12.3. The molecule has 0 unspecified atom stereocenters. The van der Waals surface area contributed by atoms with Gasteiger partial charge in [0, 0.05) is 34.8 Å². The van der Waals surface area contributed by atoms with Crippen LogP contribution in [0.3, 0.4) is 0 Å². The second-order valence-corrected chi connectivity index (χ2v) is 7.20. The number of rotatable bonds is 10. The minimum atomic E-state index is -0.455. The van der Waals surface area contributed by atoms with Gasteiger partial charge in [-0.2, -0.15) is 0 Å². The van der Waals surface area contributed by atoms with E-state index in [0.717, 1.165) is 35.7 Å². The molecule has 0 aliphatic heterocycles. The van der Waals surface area contributed by atoms with Crippen molar-refractivity contribution in [3.05, 3.63) is 65.9 Å². The SMILES string of the molecule is CCCCCC(=O)Nc1ccc(C(=O)COC(=O)Cc2c[nH]c3ccccc23)cc1. The van der Waals surface area contributed by atoms with Crippen molar-refractivity contribution in [2.24, 2.45) is 0 Å². The number of unbranched alkanes of at least 4 members (excludes halogenated alkanes) is 2. The van der Waals surface area contributed by atoms with Crippen LogP contribution < -0.4 is 5.32 Å². The number of anilines is 1. The normalized spacial score (nSPS) is 10.7. The highest BCUT2D eigenvalue weighted by molar-refractivity contribution is 5.99. The molecule has 0 saturated heterocycles. The zero-order valence-corrected chi connectivity index (χ0v) is 17.1. The first-order valence-electron chi connectivity index (χ1n) is 10.2. The Morgan fingerprint density at radius 2 is 1.77 bits per heavy atom. The van der Waals surface area contributed by atoms with Crippen LogP contribution in [-0.2, 0) is 20.7 Å². The number of amides is 1. The molecular weight excluding hydrogens is 380 g/mol. The number of hydrogen-bond donors (Lipinski definition) is 2. The Labute approximate surface area is 175 Å². The van der Waals surface area contributed by atoms with Crippen LogP contribution in [-0.4, -0.2) is 29.3 Å². The molecule has 0 saturated carbocycles. The minimum Gasteiger partial charge on any atom is -0.457 e. The van der Waals surface area contributed by atoms with E-state index in [0.29, 0.717) is 17.7 Å². The van der Waals surface area contributed by atoms with Gasteiger partial charge < -0.3 is 15.0 Å². The fourth-order valence-corrected chi connectivity index (χ4v) is 3.21. The molecule has 0 fully saturated rings. The standard InChI is InChI=1S/C24H26N2O4/c1-2-3-4-9-23(28)26-19-12-10-17(11-13-19)22(27)16-30-24(29)14-18-15-25-21-8-6-5-7-20(18)21/h5-8,10-13,15,25H,2-4,9,14,16H2,1H3,(H,26,28). The van der Waals surface area contributed by atoms with E-state index in [1.165, 1.54) is 0 Å². The molecule has 30 heavy (non-hydrogen) atoms. The predicted molar refractivity (Wildman–Crippen MR) is 117 cm³/mol. The molecule has 6 nitrogen and oxygen atoms in total. The lowest BCUT2D eigenvalue weighted by Gasteiger charge is -2.07. The average Bonchev–Trinajstić information content (AvgIpc) is 3.15. The molecule has 0 spiro atoms. The number of benzene rings is 2. The zero-order chi connectivity index (χ0) is 21.3. The summed E-state index contributed by atoms with van der Waals surface area (Å²) in [6, 6.07) is 14.3. The molecule has 0 bridgehead atoms. The molecule has 0 radical (unpaired) electrons. The lowest BCUT2D eigenvalue weighted by molar-refractivity contribution is -0.141. The number of ether oxygens (including phenoxy) is 1. The van der Waals surface area contributed by atoms with Crippen molar-refractivity contribution in [3.8, 4) is 0 Å². The van der Waals surface area contributed by atoms with Gasteiger partial charge >= 0.3 is 5.97 Å².